The third-order valence-corrected chi connectivity index (χ3v) is 8.97. The number of guanidine groups is 1. The van der Waals surface area contributed by atoms with Gasteiger partial charge in [-0.05, 0) is 68.8 Å². The van der Waals surface area contributed by atoms with Gasteiger partial charge in [-0.1, -0.05) is 69.7 Å². The highest BCUT2D eigenvalue weighted by atomic mass is 16.5. The van der Waals surface area contributed by atoms with Crippen LogP contribution in [0.2, 0.25) is 0 Å². The van der Waals surface area contributed by atoms with E-state index in [-0.39, 0.29) is 48.0 Å². The summed E-state index contributed by atoms with van der Waals surface area (Å²) < 4.78 is 5.40. The zero-order chi connectivity index (χ0) is 31.9. The lowest BCUT2D eigenvalue weighted by atomic mass is 9.76. The van der Waals surface area contributed by atoms with E-state index in [4.69, 9.17) is 27.3 Å². The van der Waals surface area contributed by atoms with Gasteiger partial charge in [0.15, 0.2) is 5.96 Å². The first-order valence-electron chi connectivity index (χ1n) is 16.5. The number of nitrogens with one attached hydrogen (secondary N) is 3. The number of benzene rings is 1. The van der Waals surface area contributed by atoms with Crippen LogP contribution in [0.25, 0.3) is 0 Å². The second-order valence-electron chi connectivity index (χ2n) is 12.4. The van der Waals surface area contributed by atoms with Gasteiger partial charge in [-0.25, -0.2) is 4.79 Å². The van der Waals surface area contributed by atoms with Gasteiger partial charge in [-0.2, -0.15) is 0 Å². The first kappa shape index (κ1) is 34.9. The fraction of sp³-hybridized carbons (Fsp3) is 0.667. The summed E-state index contributed by atoms with van der Waals surface area (Å²) in [5, 5.41) is 13.8. The molecule has 11 heteroatoms. The van der Waals surface area contributed by atoms with Crippen molar-refractivity contribution in [2.24, 2.45) is 39.9 Å². The Morgan fingerprint density at radius 2 is 1.52 bits per heavy atom. The van der Waals surface area contributed by atoms with Gasteiger partial charge >= 0.3 is 5.97 Å². The molecule has 44 heavy (non-hydrogen) atoms. The van der Waals surface area contributed by atoms with Crippen molar-refractivity contribution in [3.8, 4) is 0 Å². The number of ether oxygens (including phenoxy) is 1. The van der Waals surface area contributed by atoms with E-state index in [2.05, 4.69) is 15.6 Å². The number of aliphatic imine (C=N–C) groups is 1. The van der Waals surface area contributed by atoms with Crippen LogP contribution < -0.4 is 27.8 Å². The highest BCUT2D eigenvalue weighted by molar-refractivity contribution is 5.95. The minimum Gasteiger partial charge on any atom is -0.464 e. The van der Waals surface area contributed by atoms with Gasteiger partial charge in [0.25, 0.3) is 0 Å². The van der Waals surface area contributed by atoms with Gasteiger partial charge in [-0.3, -0.25) is 20.0 Å². The van der Waals surface area contributed by atoms with Gasteiger partial charge in [0.2, 0.25) is 11.8 Å². The number of hydrogen-bond acceptors (Lipinski definition) is 6. The Labute approximate surface area is 262 Å². The van der Waals surface area contributed by atoms with Gasteiger partial charge in [0, 0.05) is 18.0 Å². The molecule has 0 aliphatic heterocycles. The molecule has 1 unspecified atom stereocenters. The van der Waals surface area contributed by atoms with Crippen LogP contribution in [-0.4, -0.2) is 54.8 Å². The third kappa shape index (κ3) is 11.1. The zero-order valence-electron chi connectivity index (χ0n) is 26.3. The number of nitrogens with zero attached hydrogens (tertiary/aromatic N) is 1. The van der Waals surface area contributed by atoms with Crippen molar-refractivity contribution in [1.29, 1.82) is 5.41 Å². The normalized spacial score (nSPS) is 17.9. The Morgan fingerprint density at radius 1 is 0.909 bits per heavy atom. The maximum atomic E-state index is 14.1. The molecule has 2 amide bonds. The van der Waals surface area contributed by atoms with Crippen molar-refractivity contribution in [3.05, 3.63) is 35.4 Å². The highest BCUT2D eigenvalue weighted by Gasteiger charge is 2.37. The molecule has 1 aromatic carbocycles. The number of carbonyl (C=O) groups excluding carboxylic acids is 3. The summed E-state index contributed by atoms with van der Waals surface area (Å²) >= 11 is 0. The number of rotatable bonds is 16. The molecule has 0 heterocycles. The summed E-state index contributed by atoms with van der Waals surface area (Å²) in [4.78, 5) is 45.0. The molecule has 2 saturated carbocycles. The number of nitrogens with two attached hydrogens (primary N) is 3. The second kappa shape index (κ2) is 18.2. The Morgan fingerprint density at radius 3 is 2.09 bits per heavy atom. The quantitative estimate of drug-likeness (QED) is 0.0713. The lowest BCUT2D eigenvalue weighted by Crippen LogP contribution is -2.56. The molecule has 2 aliphatic rings. The number of amidine groups is 1. The van der Waals surface area contributed by atoms with Crippen molar-refractivity contribution < 1.29 is 19.1 Å². The summed E-state index contributed by atoms with van der Waals surface area (Å²) in [5.74, 6) is -1.05. The average molecular weight is 612 g/mol. The largest absolute Gasteiger partial charge is 0.464 e. The Balaban J connectivity index is 1.81. The molecule has 1 aromatic rings. The van der Waals surface area contributed by atoms with E-state index in [1.54, 1.807) is 0 Å². The minimum atomic E-state index is -0.861. The summed E-state index contributed by atoms with van der Waals surface area (Å²) in [6.07, 6.45) is 12.1. The molecule has 244 valence electrons. The summed E-state index contributed by atoms with van der Waals surface area (Å²) in [6.45, 7) is 2.50. The van der Waals surface area contributed by atoms with E-state index in [0.717, 1.165) is 63.4 Å². The SMILES string of the molecule is CCCOC(=O)[C@H](CCCN=C(N)N)NC(=O)[C@@H](NC(=O)C(Cc1ccc(C(=N)N)cc1)C1CCCCC1)C1CCCCC1. The molecule has 0 bridgehead atoms. The van der Waals surface area contributed by atoms with Crippen LogP contribution in [0, 0.1) is 23.2 Å². The predicted octanol–water partition coefficient (Wildman–Crippen LogP) is 3.27. The molecule has 3 rings (SSSR count). The Kier molecular flexibility index (Phi) is 14.5. The lowest BCUT2D eigenvalue weighted by molar-refractivity contribution is -0.148. The van der Waals surface area contributed by atoms with Crippen molar-refractivity contribution in [2.75, 3.05) is 13.2 Å². The topological polar surface area (TPSA) is 199 Å². The maximum Gasteiger partial charge on any atom is 0.328 e. The van der Waals surface area contributed by atoms with Gasteiger partial charge in [-0.15, -0.1) is 0 Å². The van der Waals surface area contributed by atoms with Crippen LogP contribution in [0.1, 0.15) is 102 Å². The van der Waals surface area contributed by atoms with Gasteiger partial charge in [0.1, 0.15) is 17.9 Å². The minimum absolute atomic E-state index is 0.00702. The number of amides is 2. The van der Waals surface area contributed by atoms with E-state index in [1.165, 1.54) is 6.42 Å². The Bertz CT molecular complexity index is 1110. The lowest BCUT2D eigenvalue weighted by Gasteiger charge is -2.34. The number of carbonyl (C=O) groups is 3. The molecule has 3 atom stereocenters. The van der Waals surface area contributed by atoms with E-state index in [9.17, 15) is 14.4 Å². The fourth-order valence-electron chi connectivity index (χ4n) is 6.53. The van der Waals surface area contributed by atoms with Crippen LogP contribution in [0.3, 0.4) is 0 Å². The highest BCUT2D eigenvalue weighted by Crippen LogP contribution is 2.33. The third-order valence-electron chi connectivity index (χ3n) is 8.97. The fourth-order valence-corrected chi connectivity index (χ4v) is 6.53. The standard InChI is InChI=1S/C33H53N7O4/c1-2-20-44-32(43)27(14-9-19-38-33(36)37)39-31(42)28(24-12-7-4-8-13-24)40-30(41)26(23-10-5-3-6-11-23)21-22-15-17-25(18-16-22)29(34)35/h15-18,23-24,26-28H,2-14,19-21H2,1H3,(H3,34,35)(H,39,42)(H,40,41)(H4,36,37,38)/t26?,27-,28-/m0/s1. The summed E-state index contributed by atoms with van der Waals surface area (Å²) in [6, 6.07) is 5.89. The van der Waals surface area contributed by atoms with E-state index in [1.807, 2.05) is 31.2 Å². The van der Waals surface area contributed by atoms with Crippen LogP contribution in [0.15, 0.2) is 29.3 Å². The van der Waals surface area contributed by atoms with E-state index < -0.39 is 18.1 Å². The van der Waals surface area contributed by atoms with Crippen LogP contribution in [0.4, 0.5) is 0 Å². The van der Waals surface area contributed by atoms with Gasteiger partial charge in [0.05, 0.1) is 6.61 Å². The van der Waals surface area contributed by atoms with Crippen molar-refractivity contribution in [3.63, 3.8) is 0 Å². The van der Waals surface area contributed by atoms with E-state index in [0.29, 0.717) is 37.8 Å². The van der Waals surface area contributed by atoms with Crippen LogP contribution >= 0.6 is 0 Å². The number of esters is 1. The maximum absolute atomic E-state index is 14.1. The van der Waals surface area contributed by atoms with Crippen molar-refractivity contribution in [2.45, 2.75) is 109 Å². The molecular weight excluding hydrogens is 558 g/mol. The zero-order valence-corrected chi connectivity index (χ0v) is 26.3. The second-order valence-corrected chi connectivity index (χ2v) is 12.4. The Hall–Kier alpha value is -3.63. The molecule has 0 saturated heterocycles. The molecule has 2 aliphatic carbocycles. The molecule has 9 N–H and O–H groups in total. The van der Waals surface area contributed by atoms with Crippen LogP contribution in [-0.2, 0) is 25.5 Å². The number of nitrogen functional groups attached to an aromatic ring is 1. The molecule has 11 nitrogen and oxygen atoms in total. The smallest absolute Gasteiger partial charge is 0.328 e. The monoisotopic (exact) mass is 611 g/mol. The molecule has 0 radical (unpaired) electrons. The molecular formula is C33H53N7O4. The van der Waals surface area contributed by atoms with Gasteiger partial charge < -0.3 is 32.6 Å². The molecule has 0 spiro atoms. The van der Waals surface area contributed by atoms with Crippen molar-refractivity contribution >= 4 is 29.6 Å². The molecule has 0 aromatic heterocycles. The van der Waals surface area contributed by atoms with Crippen molar-refractivity contribution in [1.82, 2.24) is 10.6 Å². The first-order chi connectivity index (χ1) is 21.2. The summed E-state index contributed by atoms with van der Waals surface area (Å²) in [5.41, 5.74) is 18.2. The van der Waals surface area contributed by atoms with E-state index >= 15 is 0 Å². The number of hydrogen-bond donors (Lipinski definition) is 6. The first-order valence-corrected chi connectivity index (χ1v) is 16.5. The van der Waals surface area contributed by atoms with Crippen LogP contribution in [0.5, 0.6) is 0 Å². The predicted molar refractivity (Wildman–Crippen MR) is 173 cm³/mol. The summed E-state index contributed by atoms with van der Waals surface area (Å²) in [7, 11) is 0. The average Bonchev–Trinajstić information content (AvgIpc) is 3.03. The molecule has 2 fully saturated rings.